The molecule has 0 aliphatic heterocycles. The Morgan fingerprint density at radius 1 is 1.39 bits per heavy atom. The molecule has 1 heterocycles. The van der Waals surface area contributed by atoms with E-state index in [2.05, 4.69) is 48.0 Å². The highest BCUT2D eigenvalue weighted by Crippen LogP contribution is 2.31. The van der Waals surface area contributed by atoms with Gasteiger partial charge in [-0.15, -0.1) is 11.3 Å². The van der Waals surface area contributed by atoms with E-state index in [1.165, 1.54) is 11.3 Å². The van der Waals surface area contributed by atoms with Gasteiger partial charge in [0.15, 0.2) is 5.13 Å². The van der Waals surface area contributed by atoms with Crippen LogP contribution in [0.15, 0.2) is 29.6 Å². The first-order chi connectivity index (χ1) is 8.63. The molecule has 0 amide bonds. The van der Waals surface area contributed by atoms with Gasteiger partial charge in [0.25, 0.3) is 0 Å². The fourth-order valence-electron chi connectivity index (χ4n) is 1.88. The molecule has 1 atom stereocenters. The van der Waals surface area contributed by atoms with Gasteiger partial charge in [-0.25, -0.2) is 4.98 Å². The Labute approximate surface area is 112 Å². The second-order valence-electron chi connectivity index (χ2n) is 4.37. The molecule has 96 valence electrons. The minimum absolute atomic E-state index is 0.00873. The van der Waals surface area contributed by atoms with Gasteiger partial charge in [-0.3, -0.25) is 0 Å². The van der Waals surface area contributed by atoms with Crippen molar-refractivity contribution in [3.8, 4) is 0 Å². The van der Waals surface area contributed by atoms with Crippen molar-refractivity contribution >= 4 is 22.2 Å². The number of para-hydroxylation sites is 1. The summed E-state index contributed by atoms with van der Waals surface area (Å²) in [5.74, 6) is 0. The Morgan fingerprint density at radius 2 is 2.11 bits per heavy atom. The number of hydrogen-bond donors (Lipinski definition) is 1. The van der Waals surface area contributed by atoms with Crippen LogP contribution in [0.4, 0.5) is 10.8 Å². The van der Waals surface area contributed by atoms with Gasteiger partial charge >= 0.3 is 0 Å². The van der Waals surface area contributed by atoms with Crippen molar-refractivity contribution < 1.29 is 0 Å². The molecule has 2 aromatic rings. The van der Waals surface area contributed by atoms with Crippen molar-refractivity contribution in [1.29, 1.82) is 0 Å². The van der Waals surface area contributed by atoms with E-state index >= 15 is 0 Å². The summed E-state index contributed by atoms with van der Waals surface area (Å²) in [5.41, 5.74) is 9.30. The Morgan fingerprint density at radius 3 is 2.67 bits per heavy atom. The zero-order chi connectivity index (χ0) is 13.1. The van der Waals surface area contributed by atoms with Gasteiger partial charge < -0.3 is 10.6 Å². The molecule has 0 aliphatic carbocycles. The number of thiazole rings is 1. The van der Waals surface area contributed by atoms with Gasteiger partial charge in [0.05, 0.1) is 5.69 Å². The summed E-state index contributed by atoms with van der Waals surface area (Å²) >= 11 is 1.65. The lowest BCUT2D eigenvalue weighted by molar-refractivity contribution is 0.787. The molecule has 2 rings (SSSR count). The van der Waals surface area contributed by atoms with E-state index in [1.807, 2.05) is 12.3 Å². The van der Waals surface area contributed by atoms with E-state index in [0.29, 0.717) is 0 Å². The highest BCUT2D eigenvalue weighted by atomic mass is 32.1. The summed E-state index contributed by atoms with van der Waals surface area (Å²) in [6, 6.07) is 8.36. The van der Waals surface area contributed by atoms with Crippen molar-refractivity contribution in [2.45, 2.75) is 26.8 Å². The van der Waals surface area contributed by atoms with Crippen LogP contribution in [0.25, 0.3) is 0 Å². The van der Waals surface area contributed by atoms with Gasteiger partial charge in [-0.05, 0) is 32.4 Å². The van der Waals surface area contributed by atoms with Gasteiger partial charge in [-0.2, -0.15) is 0 Å². The molecule has 1 aromatic carbocycles. The summed E-state index contributed by atoms with van der Waals surface area (Å²) in [6.07, 6.45) is 0. The molecule has 2 N–H and O–H groups in total. The average molecular weight is 261 g/mol. The SMILES string of the molecule is CCN(c1nc(C(C)N)cs1)c1ccccc1C. The molecule has 0 aliphatic rings. The minimum Gasteiger partial charge on any atom is -0.323 e. The molecule has 0 spiro atoms. The number of hydrogen-bond acceptors (Lipinski definition) is 4. The first-order valence-electron chi connectivity index (χ1n) is 6.17. The Hall–Kier alpha value is -1.39. The number of aromatic nitrogens is 1. The molecule has 0 saturated heterocycles. The number of anilines is 2. The van der Waals surface area contributed by atoms with Crippen molar-refractivity contribution in [3.63, 3.8) is 0 Å². The quantitative estimate of drug-likeness (QED) is 0.914. The predicted octanol–water partition coefficient (Wildman–Crippen LogP) is 3.63. The molecule has 4 heteroatoms. The molecule has 18 heavy (non-hydrogen) atoms. The first-order valence-corrected chi connectivity index (χ1v) is 7.05. The van der Waals surface area contributed by atoms with Crippen LogP contribution < -0.4 is 10.6 Å². The van der Waals surface area contributed by atoms with E-state index in [9.17, 15) is 0 Å². The van der Waals surface area contributed by atoms with Crippen LogP contribution in [0.2, 0.25) is 0 Å². The molecule has 1 aromatic heterocycles. The van der Waals surface area contributed by atoms with Crippen LogP contribution in [0, 0.1) is 6.92 Å². The third-order valence-corrected chi connectivity index (χ3v) is 3.81. The van der Waals surface area contributed by atoms with Crippen molar-refractivity contribution in [2.24, 2.45) is 5.73 Å². The largest absolute Gasteiger partial charge is 0.323 e. The normalized spacial score (nSPS) is 12.4. The maximum Gasteiger partial charge on any atom is 0.190 e. The van der Waals surface area contributed by atoms with Gasteiger partial charge in [-0.1, -0.05) is 18.2 Å². The summed E-state index contributed by atoms with van der Waals surface area (Å²) < 4.78 is 0. The summed E-state index contributed by atoms with van der Waals surface area (Å²) in [5, 5.41) is 3.06. The fourth-order valence-corrected chi connectivity index (χ4v) is 2.89. The zero-order valence-electron chi connectivity index (χ0n) is 11.1. The van der Waals surface area contributed by atoms with Gasteiger partial charge in [0.1, 0.15) is 0 Å². The first kappa shape index (κ1) is 13.1. The van der Waals surface area contributed by atoms with Gasteiger partial charge in [0, 0.05) is 23.7 Å². The van der Waals surface area contributed by atoms with E-state index in [4.69, 9.17) is 5.73 Å². The van der Waals surface area contributed by atoms with E-state index in [-0.39, 0.29) is 6.04 Å². The van der Waals surface area contributed by atoms with Crippen LogP contribution in [-0.2, 0) is 0 Å². The lowest BCUT2D eigenvalue weighted by Gasteiger charge is -2.21. The van der Waals surface area contributed by atoms with Gasteiger partial charge in [0.2, 0.25) is 0 Å². The second kappa shape index (κ2) is 5.50. The lowest BCUT2D eigenvalue weighted by atomic mass is 10.2. The summed E-state index contributed by atoms with van der Waals surface area (Å²) in [6.45, 7) is 7.12. The molecule has 0 bridgehead atoms. The number of nitrogens with two attached hydrogens (primary N) is 1. The van der Waals surface area contributed by atoms with Crippen LogP contribution in [-0.4, -0.2) is 11.5 Å². The maximum absolute atomic E-state index is 5.86. The van der Waals surface area contributed by atoms with Crippen molar-refractivity contribution in [2.75, 3.05) is 11.4 Å². The highest BCUT2D eigenvalue weighted by molar-refractivity contribution is 7.13. The maximum atomic E-state index is 5.86. The molecule has 1 unspecified atom stereocenters. The van der Waals surface area contributed by atoms with Crippen molar-refractivity contribution in [1.82, 2.24) is 4.98 Å². The fraction of sp³-hybridized carbons (Fsp3) is 0.357. The zero-order valence-corrected chi connectivity index (χ0v) is 11.9. The molecule has 0 radical (unpaired) electrons. The summed E-state index contributed by atoms with van der Waals surface area (Å²) in [7, 11) is 0. The second-order valence-corrected chi connectivity index (χ2v) is 5.21. The smallest absolute Gasteiger partial charge is 0.190 e. The minimum atomic E-state index is -0.00873. The van der Waals surface area contributed by atoms with Crippen molar-refractivity contribution in [3.05, 3.63) is 40.9 Å². The number of aryl methyl sites for hydroxylation is 1. The number of benzene rings is 1. The number of nitrogens with zero attached hydrogens (tertiary/aromatic N) is 2. The van der Waals surface area contributed by atoms with E-state index in [1.54, 1.807) is 11.3 Å². The lowest BCUT2D eigenvalue weighted by Crippen LogP contribution is -2.17. The highest BCUT2D eigenvalue weighted by Gasteiger charge is 2.14. The molecular formula is C14H19N3S. The standard InChI is InChI=1S/C14H19N3S/c1-4-17(13-8-6-5-7-10(13)2)14-16-12(9-18-14)11(3)15/h5-9,11H,4,15H2,1-3H3. The van der Waals surface area contributed by atoms with Crippen LogP contribution in [0.5, 0.6) is 0 Å². The van der Waals surface area contributed by atoms with E-state index < -0.39 is 0 Å². The van der Waals surface area contributed by atoms with E-state index in [0.717, 1.165) is 17.4 Å². The Bertz CT molecular complexity index is 519. The average Bonchev–Trinajstić information content (AvgIpc) is 2.82. The Kier molecular flexibility index (Phi) is 3.99. The third kappa shape index (κ3) is 2.54. The van der Waals surface area contributed by atoms with Crippen LogP contribution in [0.1, 0.15) is 31.1 Å². The van der Waals surface area contributed by atoms with Crippen LogP contribution in [0.3, 0.4) is 0 Å². The topological polar surface area (TPSA) is 42.2 Å². The molecule has 3 nitrogen and oxygen atoms in total. The predicted molar refractivity (Wildman–Crippen MR) is 78.6 cm³/mol. The Balaban J connectivity index is 2.36. The molecular weight excluding hydrogens is 242 g/mol. The van der Waals surface area contributed by atoms with Crippen LogP contribution >= 0.6 is 11.3 Å². The molecule has 0 fully saturated rings. The third-order valence-electron chi connectivity index (χ3n) is 2.93. The monoisotopic (exact) mass is 261 g/mol. The molecule has 0 saturated carbocycles. The number of rotatable bonds is 4. The summed E-state index contributed by atoms with van der Waals surface area (Å²) in [4.78, 5) is 6.85.